The Morgan fingerprint density at radius 3 is 2.94 bits per heavy atom. The van der Waals surface area contributed by atoms with Crippen LogP contribution in [-0.4, -0.2) is 48.3 Å². The van der Waals surface area contributed by atoms with Crippen LogP contribution >= 0.6 is 0 Å². The number of aromatic nitrogens is 1. The summed E-state index contributed by atoms with van der Waals surface area (Å²) in [4.78, 5) is 12.6. The average Bonchev–Trinajstić information content (AvgIpc) is 2.65. The number of carboxylic acid groups (broad SMARTS) is 1. The summed E-state index contributed by atoms with van der Waals surface area (Å²) in [7, 11) is 4.05. The van der Waals surface area contributed by atoms with Gasteiger partial charge in [-0.1, -0.05) is 5.16 Å². The monoisotopic (exact) mass is 227 g/mol. The third-order valence-electron chi connectivity index (χ3n) is 2.04. The number of nitrogens with zero attached hydrogens (tertiary/aromatic N) is 2. The zero-order valence-electron chi connectivity index (χ0n) is 9.56. The molecule has 0 radical (unpaired) electrons. The second kappa shape index (κ2) is 6.24. The van der Waals surface area contributed by atoms with Gasteiger partial charge in [0.1, 0.15) is 0 Å². The molecular weight excluding hydrogens is 210 g/mol. The lowest BCUT2D eigenvalue weighted by Crippen LogP contribution is -2.20. The molecule has 0 aliphatic carbocycles. The minimum Gasteiger partial charge on any atom is -0.476 e. The quantitative estimate of drug-likeness (QED) is 0.657. The molecule has 0 aromatic carbocycles. The fourth-order valence-electron chi connectivity index (χ4n) is 1.23. The van der Waals surface area contributed by atoms with E-state index in [9.17, 15) is 4.79 Å². The van der Waals surface area contributed by atoms with Crippen LogP contribution < -0.4 is 5.32 Å². The van der Waals surface area contributed by atoms with Gasteiger partial charge in [-0.2, -0.15) is 0 Å². The Morgan fingerprint density at radius 2 is 2.38 bits per heavy atom. The van der Waals surface area contributed by atoms with Crippen molar-refractivity contribution in [2.45, 2.75) is 13.0 Å². The summed E-state index contributed by atoms with van der Waals surface area (Å²) in [6.45, 7) is 2.39. The number of aromatic carboxylic acids is 1. The van der Waals surface area contributed by atoms with Gasteiger partial charge in [0.2, 0.25) is 0 Å². The smallest absolute Gasteiger partial charge is 0.358 e. The molecule has 0 saturated heterocycles. The number of rotatable bonds is 7. The predicted molar refractivity (Wildman–Crippen MR) is 58.3 cm³/mol. The molecule has 90 valence electrons. The van der Waals surface area contributed by atoms with Gasteiger partial charge in [-0.15, -0.1) is 0 Å². The van der Waals surface area contributed by atoms with Gasteiger partial charge in [0.25, 0.3) is 0 Å². The Bertz CT molecular complexity index is 336. The highest BCUT2D eigenvalue weighted by molar-refractivity contribution is 5.85. The normalized spacial score (nSPS) is 10.9. The van der Waals surface area contributed by atoms with Crippen molar-refractivity contribution in [3.63, 3.8) is 0 Å². The van der Waals surface area contributed by atoms with Crippen molar-refractivity contribution in [3.05, 3.63) is 17.5 Å². The summed E-state index contributed by atoms with van der Waals surface area (Å²) < 4.78 is 4.85. The van der Waals surface area contributed by atoms with Crippen molar-refractivity contribution in [2.24, 2.45) is 0 Å². The molecular formula is C10H17N3O3. The molecule has 0 spiro atoms. The van der Waals surface area contributed by atoms with Crippen LogP contribution in [0.15, 0.2) is 10.6 Å². The number of nitrogens with one attached hydrogen (secondary N) is 1. The van der Waals surface area contributed by atoms with Crippen LogP contribution in [0.2, 0.25) is 0 Å². The molecule has 0 unspecified atom stereocenters. The summed E-state index contributed by atoms with van der Waals surface area (Å²) in [6.07, 6.45) is 1.03. The van der Waals surface area contributed by atoms with Crippen LogP contribution in [-0.2, 0) is 6.54 Å². The maximum Gasteiger partial charge on any atom is 0.358 e. The molecule has 1 aromatic heterocycles. The summed E-state index contributed by atoms with van der Waals surface area (Å²) in [5.74, 6) is -0.523. The van der Waals surface area contributed by atoms with Crippen LogP contribution in [0.4, 0.5) is 0 Å². The van der Waals surface area contributed by atoms with E-state index in [1.165, 1.54) is 6.07 Å². The van der Waals surface area contributed by atoms with Crippen molar-refractivity contribution in [1.82, 2.24) is 15.4 Å². The van der Waals surface area contributed by atoms with Gasteiger partial charge in [0.15, 0.2) is 11.5 Å². The summed E-state index contributed by atoms with van der Waals surface area (Å²) in [5, 5.41) is 15.2. The van der Waals surface area contributed by atoms with E-state index >= 15 is 0 Å². The fourth-order valence-corrected chi connectivity index (χ4v) is 1.23. The van der Waals surface area contributed by atoms with E-state index in [1.54, 1.807) is 0 Å². The number of hydrogen-bond donors (Lipinski definition) is 2. The molecule has 0 amide bonds. The molecule has 1 rings (SSSR count). The van der Waals surface area contributed by atoms with Crippen molar-refractivity contribution < 1.29 is 14.4 Å². The van der Waals surface area contributed by atoms with E-state index in [4.69, 9.17) is 9.63 Å². The lowest BCUT2D eigenvalue weighted by atomic mass is 10.3. The molecule has 0 bridgehead atoms. The Hall–Kier alpha value is -1.40. The SMILES string of the molecule is CN(C)CCCNCc1cc(C(=O)O)no1. The molecule has 0 saturated carbocycles. The molecule has 6 nitrogen and oxygen atoms in total. The molecule has 0 fully saturated rings. The third kappa shape index (κ3) is 4.41. The maximum absolute atomic E-state index is 10.5. The van der Waals surface area contributed by atoms with Crippen molar-refractivity contribution in [2.75, 3.05) is 27.2 Å². The zero-order chi connectivity index (χ0) is 12.0. The lowest BCUT2D eigenvalue weighted by Gasteiger charge is -2.08. The molecule has 0 atom stereocenters. The standard InChI is InChI=1S/C10H17N3O3/c1-13(2)5-3-4-11-7-8-6-9(10(14)15)12-16-8/h6,11H,3-5,7H2,1-2H3,(H,14,15). The molecule has 16 heavy (non-hydrogen) atoms. The molecule has 0 aliphatic heterocycles. The summed E-state index contributed by atoms with van der Waals surface area (Å²) >= 11 is 0. The topological polar surface area (TPSA) is 78.6 Å². The first-order valence-electron chi connectivity index (χ1n) is 5.14. The molecule has 1 heterocycles. The second-order valence-electron chi connectivity index (χ2n) is 3.82. The first-order valence-corrected chi connectivity index (χ1v) is 5.14. The van der Waals surface area contributed by atoms with E-state index in [0.717, 1.165) is 19.5 Å². The van der Waals surface area contributed by atoms with E-state index in [1.807, 2.05) is 14.1 Å². The Balaban J connectivity index is 2.19. The van der Waals surface area contributed by atoms with Crippen molar-refractivity contribution in [1.29, 1.82) is 0 Å². The van der Waals surface area contributed by atoms with Gasteiger partial charge in [0.05, 0.1) is 6.54 Å². The van der Waals surface area contributed by atoms with E-state index < -0.39 is 5.97 Å². The number of carbonyl (C=O) groups is 1. The average molecular weight is 227 g/mol. The highest BCUT2D eigenvalue weighted by Crippen LogP contribution is 2.02. The molecule has 1 aromatic rings. The minimum atomic E-state index is -1.07. The first kappa shape index (κ1) is 12.7. The Morgan fingerprint density at radius 1 is 1.62 bits per heavy atom. The highest BCUT2D eigenvalue weighted by Gasteiger charge is 2.09. The summed E-state index contributed by atoms with van der Waals surface area (Å²) in [5.41, 5.74) is -0.0508. The van der Waals surface area contributed by atoms with Gasteiger partial charge in [-0.3, -0.25) is 0 Å². The fraction of sp³-hybridized carbons (Fsp3) is 0.600. The van der Waals surface area contributed by atoms with Crippen LogP contribution in [0, 0.1) is 0 Å². The highest BCUT2D eigenvalue weighted by atomic mass is 16.5. The van der Waals surface area contributed by atoms with Gasteiger partial charge < -0.3 is 19.8 Å². The van der Waals surface area contributed by atoms with Crippen molar-refractivity contribution >= 4 is 5.97 Å². The van der Waals surface area contributed by atoms with Gasteiger partial charge >= 0.3 is 5.97 Å². The maximum atomic E-state index is 10.5. The van der Waals surface area contributed by atoms with Crippen LogP contribution in [0.25, 0.3) is 0 Å². The number of hydrogen-bond acceptors (Lipinski definition) is 5. The van der Waals surface area contributed by atoms with E-state index in [-0.39, 0.29) is 5.69 Å². The van der Waals surface area contributed by atoms with Crippen LogP contribution in [0.3, 0.4) is 0 Å². The second-order valence-corrected chi connectivity index (χ2v) is 3.82. The van der Waals surface area contributed by atoms with Crippen LogP contribution in [0.1, 0.15) is 22.7 Å². The minimum absolute atomic E-state index is 0.0508. The van der Waals surface area contributed by atoms with Gasteiger partial charge in [-0.25, -0.2) is 4.79 Å². The summed E-state index contributed by atoms with van der Waals surface area (Å²) in [6, 6.07) is 1.43. The Labute approximate surface area is 94.2 Å². The zero-order valence-corrected chi connectivity index (χ0v) is 9.56. The van der Waals surface area contributed by atoms with E-state index in [0.29, 0.717) is 12.3 Å². The van der Waals surface area contributed by atoms with Crippen LogP contribution in [0.5, 0.6) is 0 Å². The third-order valence-corrected chi connectivity index (χ3v) is 2.04. The van der Waals surface area contributed by atoms with Gasteiger partial charge in [0, 0.05) is 6.07 Å². The Kier molecular flexibility index (Phi) is 4.94. The van der Waals surface area contributed by atoms with Gasteiger partial charge in [-0.05, 0) is 33.6 Å². The van der Waals surface area contributed by atoms with Crippen molar-refractivity contribution in [3.8, 4) is 0 Å². The number of carboxylic acids is 1. The largest absolute Gasteiger partial charge is 0.476 e. The first-order chi connectivity index (χ1) is 7.59. The molecule has 2 N–H and O–H groups in total. The predicted octanol–water partition coefficient (Wildman–Crippen LogP) is 0.414. The van der Waals surface area contributed by atoms with E-state index in [2.05, 4.69) is 15.4 Å². The molecule has 0 aliphatic rings. The molecule has 6 heteroatoms. The lowest BCUT2D eigenvalue weighted by molar-refractivity contribution is 0.0685.